The Bertz CT molecular complexity index is 1300. The summed E-state index contributed by atoms with van der Waals surface area (Å²) in [6, 6.07) is 16.6. The van der Waals surface area contributed by atoms with Crippen LogP contribution in [-0.2, 0) is 13.0 Å². The molecule has 0 saturated carbocycles. The molecule has 1 amide bonds. The number of rotatable bonds is 7. The second-order valence-electron chi connectivity index (χ2n) is 7.25. The van der Waals surface area contributed by atoms with Crippen molar-refractivity contribution in [2.45, 2.75) is 19.4 Å². The highest BCUT2D eigenvalue weighted by Crippen LogP contribution is 2.15. The van der Waals surface area contributed by atoms with Gasteiger partial charge in [-0.25, -0.2) is 4.57 Å². The van der Waals surface area contributed by atoms with E-state index < -0.39 is 0 Å². The Morgan fingerprint density at radius 2 is 1.94 bits per heavy atom. The molecule has 0 radical (unpaired) electrons. The van der Waals surface area contributed by atoms with Gasteiger partial charge >= 0.3 is 0 Å². The average molecular weight is 418 g/mol. The summed E-state index contributed by atoms with van der Waals surface area (Å²) in [5.74, 6) is -0.143. The number of hydrogen-bond acceptors (Lipinski definition) is 5. The highest BCUT2D eigenvalue weighted by atomic mass is 16.3. The molecule has 3 heterocycles. The van der Waals surface area contributed by atoms with Crippen molar-refractivity contribution in [2.24, 2.45) is 0 Å². The second-order valence-corrected chi connectivity index (χ2v) is 7.25. The van der Waals surface area contributed by atoms with Crippen LogP contribution >= 0.6 is 0 Å². The normalized spacial score (nSPS) is 11.1. The van der Waals surface area contributed by atoms with Gasteiger partial charge in [-0.05, 0) is 30.2 Å². The quantitative estimate of drug-likeness (QED) is 0.307. The number of hydrogen-bond donors (Lipinski definition) is 3. The number of benzene rings is 1. The molecule has 31 heavy (non-hydrogen) atoms. The summed E-state index contributed by atoms with van der Waals surface area (Å²) in [5, 5.41) is 12.5. The monoisotopic (exact) mass is 418 g/mol. The zero-order valence-corrected chi connectivity index (χ0v) is 17.0. The zero-order valence-electron chi connectivity index (χ0n) is 17.0. The van der Waals surface area contributed by atoms with E-state index >= 15 is 0 Å². The van der Waals surface area contributed by atoms with E-state index in [1.807, 2.05) is 30.3 Å². The third-order valence-corrected chi connectivity index (χ3v) is 5.19. The molecular weight excluding hydrogens is 394 g/mol. The van der Waals surface area contributed by atoms with Gasteiger partial charge in [-0.3, -0.25) is 14.0 Å². The molecule has 0 spiro atoms. The van der Waals surface area contributed by atoms with E-state index in [-0.39, 0.29) is 29.5 Å². The lowest BCUT2D eigenvalue weighted by molar-refractivity contribution is -0.659. The van der Waals surface area contributed by atoms with Gasteiger partial charge < -0.3 is 16.2 Å². The summed E-state index contributed by atoms with van der Waals surface area (Å²) in [5.41, 5.74) is 8.26. The first-order valence-electron chi connectivity index (χ1n) is 10.2. The van der Waals surface area contributed by atoms with E-state index in [2.05, 4.69) is 10.3 Å². The summed E-state index contributed by atoms with van der Waals surface area (Å²) in [6.45, 7) is 0.722. The number of aliphatic hydroxyl groups is 1. The maximum Gasteiger partial charge on any atom is 0.278 e. The summed E-state index contributed by atoms with van der Waals surface area (Å²) in [7, 11) is 0. The molecule has 4 N–H and O–H groups in total. The molecule has 0 bridgehead atoms. The van der Waals surface area contributed by atoms with Crippen molar-refractivity contribution in [1.82, 2.24) is 14.7 Å². The topological polar surface area (TPSA) is 114 Å². The first-order chi connectivity index (χ1) is 15.1. The van der Waals surface area contributed by atoms with E-state index in [0.717, 1.165) is 5.56 Å². The summed E-state index contributed by atoms with van der Waals surface area (Å²) < 4.78 is 3.07. The Kier molecular flexibility index (Phi) is 5.90. The van der Waals surface area contributed by atoms with Crippen LogP contribution in [0.25, 0.3) is 16.7 Å². The van der Waals surface area contributed by atoms with Gasteiger partial charge in [0.25, 0.3) is 17.1 Å². The van der Waals surface area contributed by atoms with E-state index in [1.54, 1.807) is 29.0 Å². The number of carbonyl (C=O) groups is 1. The highest BCUT2D eigenvalue weighted by molar-refractivity contribution is 6.00. The third kappa shape index (κ3) is 4.10. The lowest BCUT2D eigenvalue weighted by Gasteiger charge is -2.12. The lowest BCUT2D eigenvalue weighted by atomic mass is 10.1. The van der Waals surface area contributed by atoms with Crippen LogP contribution in [0.3, 0.4) is 0 Å². The number of aromatic nitrogens is 3. The second kappa shape index (κ2) is 8.93. The van der Waals surface area contributed by atoms with Gasteiger partial charge in [-0.2, -0.15) is 0 Å². The van der Waals surface area contributed by atoms with Crippen molar-refractivity contribution in [3.8, 4) is 0 Å². The largest absolute Gasteiger partial charge is 0.396 e. The van der Waals surface area contributed by atoms with Crippen molar-refractivity contribution >= 4 is 28.4 Å². The number of aryl methyl sites for hydroxylation is 1. The number of nitrogens with one attached hydrogen (secondary N) is 1. The van der Waals surface area contributed by atoms with Gasteiger partial charge in [0.15, 0.2) is 0 Å². The smallest absolute Gasteiger partial charge is 0.278 e. The molecule has 0 saturated heterocycles. The van der Waals surface area contributed by atoms with E-state index in [0.29, 0.717) is 42.6 Å². The Morgan fingerprint density at radius 1 is 1.16 bits per heavy atom. The third-order valence-electron chi connectivity index (χ3n) is 5.19. The summed E-state index contributed by atoms with van der Waals surface area (Å²) in [4.78, 5) is 30.6. The summed E-state index contributed by atoms with van der Waals surface area (Å²) >= 11 is 0. The van der Waals surface area contributed by atoms with Crippen molar-refractivity contribution < 1.29 is 14.5 Å². The van der Waals surface area contributed by atoms with Crippen LogP contribution in [0.1, 0.15) is 22.3 Å². The fourth-order valence-electron chi connectivity index (χ4n) is 3.60. The van der Waals surface area contributed by atoms with E-state index in [9.17, 15) is 14.7 Å². The van der Waals surface area contributed by atoms with Crippen LogP contribution in [-0.4, -0.2) is 33.6 Å². The van der Waals surface area contributed by atoms with Crippen LogP contribution < -0.4 is 21.2 Å². The minimum Gasteiger partial charge on any atom is -0.396 e. The minimum absolute atomic E-state index is 0.0476. The fourth-order valence-corrected chi connectivity index (χ4v) is 3.60. The van der Waals surface area contributed by atoms with Gasteiger partial charge in [0, 0.05) is 25.8 Å². The number of amides is 1. The maximum atomic E-state index is 13.1. The zero-order chi connectivity index (χ0) is 21.8. The number of nitrogen functional groups attached to an aromatic ring is 1. The van der Waals surface area contributed by atoms with Crippen molar-refractivity contribution in [3.63, 3.8) is 0 Å². The molecule has 4 rings (SSSR count). The van der Waals surface area contributed by atoms with Gasteiger partial charge in [0.2, 0.25) is 11.5 Å². The van der Waals surface area contributed by atoms with Crippen LogP contribution in [0.5, 0.6) is 0 Å². The molecule has 8 nitrogen and oxygen atoms in total. The van der Waals surface area contributed by atoms with E-state index in [4.69, 9.17) is 5.73 Å². The van der Waals surface area contributed by atoms with Crippen molar-refractivity contribution in [3.05, 3.63) is 82.3 Å². The summed E-state index contributed by atoms with van der Waals surface area (Å²) in [6.07, 6.45) is 2.73. The van der Waals surface area contributed by atoms with Crippen LogP contribution in [0.2, 0.25) is 0 Å². The number of anilines is 1. The van der Waals surface area contributed by atoms with Crippen LogP contribution in [0.4, 0.5) is 5.82 Å². The molecule has 158 valence electrons. The predicted molar refractivity (Wildman–Crippen MR) is 118 cm³/mol. The number of pyridine rings is 2. The molecule has 0 fully saturated rings. The molecule has 0 unspecified atom stereocenters. The SMILES string of the molecule is Nc1c(C(=O)NCCc2ccccc2)cc2c(=O)n3ccccc3nc2[n+]1CCCO. The van der Waals surface area contributed by atoms with Crippen LogP contribution in [0, 0.1) is 0 Å². The van der Waals surface area contributed by atoms with Gasteiger partial charge in [-0.15, -0.1) is 0 Å². The van der Waals surface area contributed by atoms with Gasteiger partial charge in [0.1, 0.15) is 10.9 Å². The van der Waals surface area contributed by atoms with E-state index in [1.165, 1.54) is 10.5 Å². The first-order valence-corrected chi connectivity index (χ1v) is 10.2. The molecule has 1 aromatic carbocycles. The number of fused-ring (bicyclic) bond motifs is 2. The number of nitrogens with zero attached hydrogens (tertiary/aromatic N) is 3. The molecule has 0 aliphatic rings. The average Bonchev–Trinajstić information content (AvgIpc) is 2.79. The lowest BCUT2D eigenvalue weighted by Crippen LogP contribution is -2.43. The first kappa shape index (κ1) is 20.5. The standard InChI is InChI=1S/C23H23N5O3/c24-20-17(22(30)25-11-10-16-7-2-1-3-8-16)15-18-21(28(20)13-6-14-29)26-19-9-4-5-12-27(19)23(18)31/h1-5,7-9,12,15,24,29H,6,10-11,13-14H2,(H,25,30)/p+1. The maximum absolute atomic E-state index is 13.1. The highest BCUT2D eigenvalue weighted by Gasteiger charge is 2.24. The molecule has 0 aliphatic carbocycles. The number of aliphatic hydroxyl groups excluding tert-OH is 1. The molecular formula is C23H24N5O3+. The molecule has 0 aliphatic heterocycles. The van der Waals surface area contributed by atoms with Crippen molar-refractivity contribution in [2.75, 3.05) is 18.9 Å². The fraction of sp³-hybridized carbons (Fsp3) is 0.217. The van der Waals surface area contributed by atoms with Crippen molar-refractivity contribution in [1.29, 1.82) is 0 Å². The minimum atomic E-state index is -0.356. The number of nitrogens with two attached hydrogens (primary N) is 1. The number of carbonyl (C=O) groups excluding carboxylic acids is 1. The molecule has 8 heteroatoms. The van der Waals surface area contributed by atoms with Gasteiger partial charge in [0.05, 0.1) is 6.54 Å². The molecule has 0 atom stereocenters. The Balaban J connectivity index is 1.74. The van der Waals surface area contributed by atoms with Crippen LogP contribution in [0.15, 0.2) is 65.6 Å². The predicted octanol–water partition coefficient (Wildman–Crippen LogP) is 1.07. The Morgan fingerprint density at radius 3 is 2.71 bits per heavy atom. The Labute approximate surface area is 178 Å². The van der Waals surface area contributed by atoms with Gasteiger partial charge in [-0.1, -0.05) is 41.4 Å². The molecule has 3 aromatic heterocycles. The Hall–Kier alpha value is -3.78. The molecule has 4 aromatic rings.